The van der Waals surface area contributed by atoms with Crippen LogP contribution < -0.4 is 10.1 Å². The van der Waals surface area contributed by atoms with Gasteiger partial charge in [-0.15, -0.1) is 0 Å². The second kappa shape index (κ2) is 6.23. The van der Waals surface area contributed by atoms with Crippen molar-refractivity contribution >= 4 is 17.6 Å². The molecular weight excluding hydrogens is 320 g/mol. The van der Waals surface area contributed by atoms with Crippen LogP contribution in [0.15, 0.2) is 36.5 Å². The zero-order chi connectivity index (χ0) is 17.4. The average molecular weight is 340 g/mol. The van der Waals surface area contributed by atoms with Gasteiger partial charge in [-0.25, -0.2) is 0 Å². The molecule has 2 heterocycles. The number of carbonyl (C=O) groups excluding carboxylic acids is 2. The van der Waals surface area contributed by atoms with Gasteiger partial charge in [-0.2, -0.15) is 5.10 Å². The van der Waals surface area contributed by atoms with Gasteiger partial charge in [-0.05, 0) is 30.5 Å². The minimum Gasteiger partial charge on any atom is -0.497 e. The van der Waals surface area contributed by atoms with Crippen LogP contribution in [0.1, 0.15) is 30.9 Å². The molecule has 2 aliphatic rings. The number of nitrogens with one attached hydrogen (secondary N) is 2. The molecule has 2 atom stereocenters. The molecule has 2 fully saturated rings. The van der Waals surface area contributed by atoms with Gasteiger partial charge in [-0.1, -0.05) is 12.1 Å². The Morgan fingerprint density at radius 1 is 1.36 bits per heavy atom. The van der Waals surface area contributed by atoms with Crippen molar-refractivity contribution in [3.05, 3.63) is 42.1 Å². The summed E-state index contributed by atoms with van der Waals surface area (Å²) in [6.07, 6.45) is 3.80. The quantitative estimate of drug-likeness (QED) is 0.873. The molecule has 2 amide bonds. The maximum absolute atomic E-state index is 12.8. The zero-order valence-corrected chi connectivity index (χ0v) is 13.9. The third-order valence-electron chi connectivity index (χ3n) is 4.83. The van der Waals surface area contributed by atoms with Crippen molar-refractivity contribution in [3.8, 4) is 5.75 Å². The molecule has 0 bridgehead atoms. The van der Waals surface area contributed by atoms with Crippen molar-refractivity contribution < 1.29 is 14.3 Å². The van der Waals surface area contributed by atoms with E-state index in [-0.39, 0.29) is 30.3 Å². The smallest absolute Gasteiger partial charge is 0.231 e. The predicted molar refractivity (Wildman–Crippen MR) is 90.9 cm³/mol. The van der Waals surface area contributed by atoms with Gasteiger partial charge in [0, 0.05) is 18.5 Å². The zero-order valence-electron chi connectivity index (χ0n) is 13.9. The number of aromatic nitrogens is 2. The molecule has 0 radical (unpaired) electrons. The minimum atomic E-state index is -0.441. The van der Waals surface area contributed by atoms with Crippen LogP contribution in [0, 0.1) is 5.92 Å². The number of methoxy groups -OCH3 is 1. The van der Waals surface area contributed by atoms with E-state index in [2.05, 4.69) is 15.5 Å². The fraction of sp³-hybridized carbons (Fsp3) is 0.389. The van der Waals surface area contributed by atoms with Gasteiger partial charge in [0.1, 0.15) is 11.6 Å². The number of hydrogen-bond donors (Lipinski definition) is 2. The molecule has 0 unspecified atom stereocenters. The van der Waals surface area contributed by atoms with Crippen LogP contribution in [-0.4, -0.2) is 40.1 Å². The summed E-state index contributed by atoms with van der Waals surface area (Å²) in [7, 11) is 1.61. The molecular formula is C18H20N4O3. The molecule has 2 aromatic rings. The topological polar surface area (TPSA) is 87.3 Å². The summed E-state index contributed by atoms with van der Waals surface area (Å²) in [6.45, 7) is 0. The van der Waals surface area contributed by atoms with Crippen LogP contribution in [0.4, 0.5) is 5.82 Å². The van der Waals surface area contributed by atoms with E-state index in [4.69, 9.17) is 4.74 Å². The van der Waals surface area contributed by atoms with Crippen molar-refractivity contribution in [2.75, 3.05) is 12.4 Å². The number of rotatable bonds is 5. The number of anilines is 1. The van der Waals surface area contributed by atoms with Crippen molar-refractivity contribution in [1.29, 1.82) is 0 Å². The lowest BCUT2D eigenvalue weighted by molar-refractivity contribution is -0.129. The first kappa shape index (κ1) is 15.7. The van der Waals surface area contributed by atoms with Crippen LogP contribution in [-0.2, 0) is 9.59 Å². The van der Waals surface area contributed by atoms with Crippen molar-refractivity contribution in [3.63, 3.8) is 0 Å². The van der Waals surface area contributed by atoms with Gasteiger partial charge >= 0.3 is 0 Å². The van der Waals surface area contributed by atoms with Crippen molar-refractivity contribution in [1.82, 2.24) is 15.1 Å². The lowest BCUT2D eigenvalue weighted by Crippen LogP contribution is -2.34. The summed E-state index contributed by atoms with van der Waals surface area (Å²) in [4.78, 5) is 27.3. The number of benzene rings is 1. The number of nitrogens with zero attached hydrogens (tertiary/aromatic N) is 2. The van der Waals surface area contributed by atoms with Crippen LogP contribution in [0.3, 0.4) is 0 Å². The highest BCUT2D eigenvalue weighted by Crippen LogP contribution is 2.45. The number of H-pyrrole nitrogens is 1. The third-order valence-corrected chi connectivity index (χ3v) is 4.83. The van der Waals surface area contributed by atoms with Gasteiger partial charge < -0.3 is 15.0 Å². The number of carbonyl (C=O) groups is 2. The molecule has 1 aromatic carbocycles. The van der Waals surface area contributed by atoms with E-state index in [0.29, 0.717) is 5.82 Å². The Morgan fingerprint density at radius 2 is 2.20 bits per heavy atom. The Labute approximate surface area is 145 Å². The highest BCUT2D eigenvalue weighted by atomic mass is 16.5. The monoisotopic (exact) mass is 340 g/mol. The van der Waals surface area contributed by atoms with Crippen LogP contribution in [0.5, 0.6) is 5.75 Å². The lowest BCUT2D eigenvalue weighted by atomic mass is 9.92. The van der Waals surface area contributed by atoms with E-state index in [1.807, 2.05) is 29.2 Å². The van der Waals surface area contributed by atoms with Crippen molar-refractivity contribution in [2.45, 2.75) is 31.3 Å². The molecule has 2 N–H and O–H groups in total. The first-order valence-corrected chi connectivity index (χ1v) is 8.42. The first-order valence-electron chi connectivity index (χ1n) is 8.42. The number of aromatic amines is 1. The molecule has 7 heteroatoms. The fourth-order valence-electron chi connectivity index (χ4n) is 3.54. The van der Waals surface area contributed by atoms with Gasteiger partial charge in [0.2, 0.25) is 11.8 Å². The summed E-state index contributed by atoms with van der Waals surface area (Å²) in [5.41, 5.74) is 0.932. The normalized spacial score (nSPS) is 22.9. The molecule has 4 rings (SSSR count). The highest BCUT2D eigenvalue weighted by Gasteiger charge is 2.49. The Balaban J connectivity index is 1.66. The Hall–Kier alpha value is -2.83. The third kappa shape index (κ3) is 2.97. The van der Waals surface area contributed by atoms with E-state index in [9.17, 15) is 9.59 Å². The van der Waals surface area contributed by atoms with Crippen LogP contribution >= 0.6 is 0 Å². The Bertz CT molecular complexity index is 785. The van der Waals surface area contributed by atoms with Crippen LogP contribution in [0.2, 0.25) is 0 Å². The standard InChI is InChI=1S/C18H20N4O3/c1-25-13-4-2-3-11(9-13)17-14(10-16(23)22(17)12-5-6-12)18(24)20-15-7-8-19-21-15/h2-4,7-9,12,14,17H,5-6,10H2,1H3,(H2,19,20,21,24)/t14-,17+/m0/s1. The fourth-order valence-corrected chi connectivity index (χ4v) is 3.54. The molecule has 130 valence electrons. The van der Waals surface area contributed by atoms with E-state index >= 15 is 0 Å². The summed E-state index contributed by atoms with van der Waals surface area (Å²) in [6, 6.07) is 9.29. The van der Waals surface area contributed by atoms with Gasteiger partial charge in [0.25, 0.3) is 0 Å². The summed E-state index contributed by atoms with van der Waals surface area (Å²) >= 11 is 0. The largest absolute Gasteiger partial charge is 0.497 e. The highest BCUT2D eigenvalue weighted by molar-refractivity contribution is 5.97. The number of ether oxygens (including phenoxy) is 1. The van der Waals surface area contributed by atoms with E-state index < -0.39 is 5.92 Å². The SMILES string of the molecule is COc1cccc([C@@H]2[C@@H](C(=O)Nc3ccn[nH]3)CC(=O)N2C2CC2)c1. The summed E-state index contributed by atoms with van der Waals surface area (Å²) in [5, 5.41) is 9.38. The van der Waals surface area contributed by atoms with Gasteiger partial charge in [0.05, 0.1) is 25.3 Å². The van der Waals surface area contributed by atoms with Crippen LogP contribution in [0.25, 0.3) is 0 Å². The molecule has 1 aliphatic carbocycles. The number of likely N-dealkylation sites (tertiary alicyclic amines) is 1. The second-order valence-electron chi connectivity index (χ2n) is 6.52. The Morgan fingerprint density at radius 3 is 2.88 bits per heavy atom. The first-order chi connectivity index (χ1) is 12.2. The second-order valence-corrected chi connectivity index (χ2v) is 6.52. The van der Waals surface area contributed by atoms with Gasteiger partial charge in [0.15, 0.2) is 0 Å². The average Bonchev–Trinajstić information content (AvgIpc) is 3.21. The molecule has 0 spiro atoms. The summed E-state index contributed by atoms with van der Waals surface area (Å²) < 4.78 is 5.32. The molecule has 1 saturated heterocycles. The molecule has 25 heavy (non-hydrogen) atoms. The predicted octanol–water partition coefficient (Wildman–Crippen LogP) is 2.11. The van der Waals surface area contributed by atoms with Gasteiger partial charge in [-0.3, -0.25) is 14.7 Å². The lowest BCUT2D eigenvalue weighted by Gasteiger charge is -2.28. The maximum Gasteiger partial charge on any atom is 0.231 e. The van der Waals surface area contributed by atoms with E-state index in [1.54, 1.807) is 19.4 Å². The number of amides is 2. The molecule has 1 aliphatic heterocycles. The van der Waals surface area contributed by atoms with E-state index in [1.165, 1.54) is 0 Å². The molecule has 1 aromatic heterocycles. The minimum absolute atomic E-state index is 0.0417. The maximum atomic E-state index is 12.8. The molecule has 1 saturated carbocycles. The summed E-state index contributed by atoms with van der Waals surface area (Å²) in [5.74, 6) is 0.684. The Kier molecular flexibility index (Phi) is 3.91. The molecule has 7 nitrogen and oxygen atoms in total. The van der Waals surface area contributed by atoms with E-state index in [0.717, 1.165) is 24.2 Å². The van der Waals surface area contributed by atoms with Crippen molar-refractivity contribution in [2.24, 2.45) is 5.92 Å². The number of hydrogen-bond acceptors (Lipinski definition) is 4.